The summed E-state index contributed by atoms with van der Waals surface area (Å²) in [6.45, 7) is 3.41. The van der Waals surface area contributed by atoms with Crippen LogP contribution in [-0.4, -0.2) is 24.8 Å². The van der Waals surface area contributed by atoms with Gasteiger partial charge in [0.1, 0.15) is 11.0 Å². The van der Waals surface area contributed by atoms with E-state index in [1.54, 1.807) is 0 Å². The van der Waals surface area contributed by atoms with Gasteiger partial charge < -0.3 is 22.9 Å². The molecule has 1 amide bonds. The number of amidine groups is 1. The molecule has 0 aromatic rings. The minimum Gasteiger partial charge on any atom is -0.386 e. The second-order valence-corrected chi connectivity index (χ2v) is 3.18. The molecule has 9 N–H and O–H groups in total. The van der Waals surface area contributed by atoms with Crippen molar-refractivity contribution in [3.63, 3.8) is 0 Å². The maximum Gasteiger partial charge on any atom is 0.261 e. The Labute approximate surface area is 103 Å². The first kappa shape index (κ1) is 14.8. The fourth-order valence-electron chi connectivity index (χ4n) is 0.615. The van der Waals surface area contributed by atoms with E-state index in [1.165, 1.54) is 7.05 Å². The summed E-state index contributed by atoms with van der Waals surface area (Å²) >= 11 is 5.36. The molecule has 0 rings (SSSR count). The second-order valence-electron chi connectivity index (χ2n) is 2.77. The summed E-state index contributed by atoms with van der Waals surface area (Å²) in [5, 5.41) is 1.98. The van der Waals surface area contributed by atoms with Gasteiger partial charge in [0.15, 0.2) is 11.8 Å². The third-order valence-corrected chi connectivity index (χ3v) is 1.75. The molecule has 0 unspecified atom stereocenters. The Bertz CT molecular complexity index is 420. The monoisotopic (exact) mass is 259 g/mol. The molecule has 0 bridgehead atoms. The number of nitrogens with two attached hydrogens (primary N) is 4. The number of hydrogen-bond donors (Lipinski definition) is 5. The molecule has 9 heteroatoms. The lowest BCUT2D eigenvalue weighted by atomic mass is 10.2. The largest absolute Gasteiger partial charge is 0.386 e. The quantitative estimate of drug-likeness (QED) is 0.176. The van der Waals surface area contributed by atoms with Gasteiger partial charge in [0.2, 0.25) is 0 Å². The number of nitrogens with one attached hydrogen (secondary N) is 1. The van der Waals surface area contributed by atoms with Crippen LogP contribution in [0, 0.1) is 0 Å². The van der Waals surface area contributed by atoms with Gasteiger partial charge in [-0.2, -0.15) is 0 Å². The van der Waals surface area contributed by atoms with Crippen molar-refractivity contribution in [1.29, 1.82) is 0 Å². The van der Waals surface area contributed by atoms with Crippen molar-refractivity contribution < 1.29 is 4.79 Å². The molecule has 0 radical (unpaired) electrons. The first-order chi connectivity index (χ1) is 7.79. The highest BCUT2D eigenvalue weighted by atomic mass is 35.5. The Kier molecular flexibility index (Phi) is 5.55. The van der Waals surface area contributed by atoms with Gasteiger partial charge in [-0.25, -0.2) is 4.99 Å². The molecule has 0 aliphatic carbocycles. The molecule has 94 valence electrons. The zero-order chi connectivity index (χ0) is 13.6. The van der Waals surface area contributed by atoms with E-state index in [2.05, 4.69) is 21.9 Å². The normalized spacial score (nSPS) is 14.0. The van der Waals surface area contributed by atoms with E-state index in [-0.39, 0.29) is 28.3 Å². The van der Waals surface area contributed by atoms with Crippen molar-refractivity contribution in [1.82, 2.24) is 5.32 Å². The average Bonchev–Trinajstić information content (AvgIpc) is 2.27. The Morgan fingerprint density at radius 3 is 2.24 bits per heavy atom. The second kappa shape index (κ2) is 6.38. The Morgan fingerprint density at radius 1 is 1.29 bits per heavy atom. The molecule has 17 heavy (non-hydrogen) atoms. The fourth-order valence-corrected chi connectivity index (χ4v) is 0.657. The molecule has 0 aliphatic heterocycles. The molecule has 0 aromatic heterocycles. The van der Waals surface area contributed by atoms with Crippen molar-refractivity contribution in [3.8, 4) is 0 Å². The maximum absolute atomic E-state index is 11.5. The number of carbonyl (C=O) groups is 1. The van der Waals surface area contributed by atoms with Gasteiger partial charge >= 0.3 is 0 Å². The highest BCUT2D eigenvalue weighted by Gasteiger charge is 2.12. The van der Waals surface area contributed by atoms with E-state index in [1.807, 2.05) is 0 Å². The number of aliphatic imine (C=N–C) groups is 2. The molecule has 0 aromatic carbocycles. The van der Waals surface area contributed by atoms with Crippen LogP contribution < -0.4 is 28.3 Å². The van der Waals surface area contributed by atoms with Gasteiger partial charge in [0, 0.05) is 7.05 Å². The van der Waals surface area contributed by atoms with Crippen molar-refractivity contribution >= 4 is 29.3 Å². The standard InChI is InChI=1S/C8H14ClN7O/c1-3(7(17)16-8(13)14-2)5(11)15-6(12)4(9)10/h1,10,12H2,2H3,(H2,11,15)(H3,13,14,16,17)/b6-4-. The molecular weight excluding hydrogens is 246 g/mol. The molecular formula is C8H14ClN7O. The Balaban J connectivity index is 4.85. The van der Waals surface area contributed by atoms with Crippen LogP contribution in [0.2, 0.25) is 0 Å². The van der Waals surface area contributed by atoms with Gasteiger partial charge in [-0.05, 0) is 0 Å². The minimum atomic E-state index is -0.657. The zero-order valence-corrected chi connectivity index (χ0v) is 9.95. The highest BCUT2D eigenvalue weighted by molar-refractivity contribution is 6.29. The number of amides is 1. The van der Waals surface area contributed by atoms with Crippen LogP contribution in [0.5, 0.6) is 0 Å². The van der Waals surface area contributed by atoms with Crippen molar-refractivity contribution in [2.75, 3.05) is 7.05 Å². The molecule has 0 aliphatic rings. The molecule has 0 heterocycles. The molecule has 0 fully saturated rings. The van der Waals surface area contributed by atoms with Crippen LogP contribution in [-0.2, 0) is 4.79 Å². The van der Waals surface area contributed by atoms with Crippen LogP contribution in [0.1, 0.15) is 0 Å². The number of carbonyl (C=O) groups excluding carboxylic acids is 1. The van der Waals surface area contributed by atoms with Crippen molar-refractivity contribution in [2.24, 2.45) is 32.9 Å². The topological polar surface area (TPSA) is 158 Å². The zero-order valence-electron chi connectivity index (χ0n) is 9.20. The summed E-state index contributed by atoms with van der Waals surface area (Å²) in [7, 11) is 1.41. The molecule has 0 spiro atoms. The van der Waals surface area contributed by atoms with E-state index in [0.717, 1.165) is 0 Å². The molecule has 0 saturated heterocycles. The fraction of sp³-hybridized carbons (Fsp3) is 0.125. The van der Waals surface area contributed by atoms with E-state index in [9.17, 15) is 4.79 Å². The maximum atomic E-state index is 11.5. The molecule has 0 saturated carbocycles. The number of rotatable bonds is 3. The van der Waals surface area contributed by atoms with Crippen LogP contribution >= 0.6 is 11.6 Å². The summed E-state index contributed by atoms with van der Waals surface area (Å²) in [6, 6.07) is 0. The summed E-state index contributed by atoms with van der Waals surface area (Å²) in [5.74, 6) is -1.18. The number of guanidine groups is 1. The third kappa shape index (κ3) is 4.89. The number of hydrogen-bond acceptors (Lipinski definition) is 5. The van der Waals surface area contributed by atoms with Crippen LogP contribution in [0.25, 0.3) is 0 Å². The van der Waals surface area contributed by atoms with E-state index >= 15 is 0 Å². The summed E-state index contributed by atoms with van der Waals surface area (Å²) in [6.07, 6.45) is 0. The van der Waals surface area contributed by atoms with Crippen LogP contribution in [0.4, 0.5) is 0 Å². The number of nitrogens with zero attached hydrogens (tertiary/aromatic N) is 2. The number of halogens is 1. The van der Waals surface area contributed by atoms with Gasteiger partial charge in [-0.1, -0.05) is 18.2 Å². The first-order valence-corrected chi connectivity index (χ1v) is 4.65. The lowest BCUT2D eigenvalue weighted by Crippen LogP contribution is -2.40. The van der Waals surface area contributed by atoms with E-state index in [0.29, 0.717) is 0 Å². The highest BCUT2D eigenvalue weighted by Crippen LogP contribution is 2.00. The van der Waals surface area contributed by atoms with E-state index < -0.39 is 5.91 Å². The lowest BCUT2D eigenvalue weighted by Gasteiger charge is -2.06. The minimum absolute atomic E-state index is 0.0793. The lowest BCUT2D eigenvalue weighted by molar-refractivity contribution is -0.115. The molecule has 0 atom stereocenters. The predicted octanol–water partition coefficient (Wildman–Crippen LogP) is -1.76. The summed E-state index contributed by atoms with van der Waals surface area (Å²) in [4.78, 5) is 18.6. The summed E-state index contributed by atoms with van der Waals surface area (Å²) < 4.78 is 0. The predicted molar refractivity (Wildman–Crippen MR) is 67.7 cm³/mol. The third-order valence-electron chi connectivity index (χ3n) is 1.55. The Morgan fingerprint density at radius 2 is 1.82 bits per heavy atom. The van der Waals surface area contributed by atoms with Gasteiger partial charge in [-0.3, -0.25) is 15.1 Å². The smallest absolute Gasteiger partial charge is 0.261 e. The Hall–Kier alpha value is -2.22. The van der Waals surface area contributed by atoms with Crippen molar-refractivity contribution in [3.05, 3.63) is 23.1 Å². The van der Waals surface area contributed by atoms with Gasteiger partial charge in [-0.15, -0.1) is 0 Å². The van der Waals surface area contributed by atoms with Gasteiger partial charge in [0.25, 0.3) is 5.91 Å². The van der Waals surface area contributed by atoms with Gasteiger partial charge in [0.05, 0.1) is 5.57 Å². The van der Waals surface area contributed by atoms with Crippen LogP contribution in [0.3, 0.4) is 0 Å². The first-order valence-electron chi connectivity index (χ1n) is 4.27. The van der Waals surface area contributed by atoms with Crippen molar-refractivity contribution in [2.45, 2.75) is 0 Å². The summed E-state index contributed by atoms with van der Waals surface area (Å²) in [5.41, 5.74) is 21.1. The van der Waals surface area contributed by atoms with Crippen LogP contribution in [0.15, 0.2) is 33.1 Å². The van der Waals surface area contributed by atoms with E-state index in [4.69, 9.17) is 34.5 Å². The SMILES string of the molecule is C=C(C(=O)NC(N)=NC)C(N)=N/C(N)=C(\N)Cl. The average molecular weight is 260 g/mol. The molecule has 8 nitrogen and oxygen atoms in total.